The number of ether oxygens (including phenoxy) is 3. The molecule has 1 aliphatic rings. The zero-order chi connectivity index (χ0) is 21.7. The quantitative estimate of drug-likeness (QED) is 0.676. The first-order valence-corrected chi connectivity index (χ1v) is 10.9. The van der Waals surface area contributed by atoms with Crippen molar-refractivity contribution in [3.8, 4) is 17.2 Å². The van der Waals surface area contributed by atoms with Crippen molar-refractivity contribution < 1.29 is 27.4 Å². The second kappa shape index (κ2) is 9.08. The molecule has 160 valence electrons. The Hall–Kier alpha value is -3.20. The molecule has 8 nitrogen and oxygen atoms in total. The number of rotatable bonds is 7. The van der Waals surface area contributed by atoms with Gasteiger partial charge in [-0.3, -0.25) is 9.10 Å². The fourth-order valence-corrected chi connectivity index (χ4v) is 4.78. The number of carbonyl (C=O) groups is 1. The monoisotopic (exact) mass is 432 g/mol. The average molecular weight is 432 g/mol. The van der Waals surface area contributed by atoms with E-state index in [9.17, 15) is 13.2 Å². The van der Waals surface area contributed by atoms with Crippen molar-refractivity contribution in [1.29, 1.82) is 0 Å². The van der Waals surface area contributed by atoms with Crippen LogP contribution in [-0.4, -0.2) is 48.0 Å². The van der Waals surface area contributed by atoms with Gasteiger partial charge in [-0.1, -0.05) is 6.07 Å². The van der Waals surface area contributed by atoms with Gasteiger partial charge in [0.1, 0.15) is 0 Å². The number of amides is 1. The maximum absolute atomic E-state index is 12.4. The third-order valence-corrected chi connectivity index (χ3v) is 6.48. The Morgan fingerprint density at radius 2 is 1.77 bits per heavy atom. The van der Waals surface area contributed by atoms with Crippen LogP contribution < -0.4 is 23.8 Å². The zero-order valence-corrected chi connectivity index (χ0v) is 17.9. The molecule has 0 aliphatic carbocycles. The van der Waals surface area contributed by atoms with Gasteiger partial charge in [-0.15, -0.1) is 0 Å². The number of benzene rings is 2. The van der Waals surface area contributed by atoms with E-state index in [1.807, 2.05) is 0 Å². The average Bonchev–Trinajstić information content (AvgIpc) is 3.10. The standard InChI is InChI=1S/C21H24N2O6S/c1-27-18-12-15(13-19(28-2)21(18)29-3)8-9-20(24)22-16-6-4-7-17(14-16)23-10-5-11-30(23,25)26/h4,6-9,12-14H,5,10-11H2,1-3H3,(H,22,24)/b9-8+. The van der Waals surface area contributed by atoms with Crippen LogP contribution in [0.4, 0.5) is 11.4 Å². The van der Waals surface area contributed by atoms with E-state index < -0.39 is 10.0 Å². The highest BCUT2D eigenvalue weighted by Gasteiger charge is 2.28. The van der Waals surface area contributed by atoms with Crippen molar-refractivity contribution in [3.63, 3.8) is 0 Å². The summed E-state index contributed by atoms with van der Waals surface area (Å²) >= 11 is 0. The van der Waals surface area contributed by atoms with Crippen molar-refractivity contribution in [3.05, 3.63) is 48.0 Å². The van der Waals surface area contributed by atoms with E-state index >= 15 is 0 Å². The van der Waals surface area contributed by atoms with Gasteiger partial charge in [0.15, 0.2) is 11.5 Å². The largest absolute Gasteiger partial charge is 0.493 e. The molecule has 1 N–H and O–H groups in total. The first kappa shape index (κ1) is 21.5. The van der Waals surface area contributed by atoms with Crippen LogP contribution in [-0.2, 0) is 14.8 Å². The number of nitrogens with one attached hydrogen (secondary N) is 1. The van der Waals surface area contributed by atoms with E-state index in [-0.39, 0.29) is 11.7 Å². The van der Waals surface area contributed by atoms with Gasteiger partial charge in [0.25, 0.3) is 0 Å². The summed E-state index contributed by atoms with van der Waals surface area (Å²) in [6.45, 7) is 0.445. The molecule has 9 heteroatoms. The lowest BCUT2D eigenvalue weighted by Gasteiger charge is -2.17. The zero-order valence-electron chi connectivity index (χ0n) is 17.0. The second-order valence-electron chi connectivity index (χ2n) is 6.57. The van der Waals surface area contributed by atoms with Crippen molar-refractivity contribution in [2.45, 2.75) is 6.42 Å². The molecular weight excluding hydrogens is 408 g/mol. The number of hydrogen-bond acceptors (Lipinski definition) is 6. The maximum atomic E-state index is 12.4. The Bertz CT molecular complexity index is 1040. The summed E-state index contributed by atoms with van der Waals surface area (Å²) in [4.78, 5) is 12.4. The lowest BCUT2D eigenvalue weighted by atomic mass is 10.1. The highest BCUT2D eigenvalue weighted by molar-refractivity contribution is 7.93. The predicted octanol–water partition coefficient (Wildman–Crippen LogP) is 2.90. The summed E-state index contributed by atoms with van der Waals surface area (Å²) in [5.41, 5.74) is 1.74. The molecule has 0 saturated carbocycles. The van der Waals surface area contributed by atoms with E-state index in [0.717, 1.165) is 0 Å². The van der Waals surface area contributed by atoms with Gasteiger partial charge in [0.2, 0.25) is 21.7 Å². The van der Waals surface area contributed by atoms with Crippen molar-refractivity contribution in [2.24, 2.45) is 0 Å². The molecule has 1 fully saturated rings. The first-order chi connectivity index (χ1) is 14.4. The minimum Gasteiger partial charge on any atom is -0.493 e. The number of anilines is 2. The van der Waals surface area contributed by atoms with Gasteiger partial charge in [0, 0.05) is 18.3 Å². The minimum atomic E-state index is -3.28. The summed E-state index contributed by atoms with van der Waals surface area (Å²) in [5.74, 6) is 1.22. The summed E-state index contributed by atoms with van der Waals surface area (Å²) in [6.07, 6.45) is 3.59. The van der Waals surface area contributed by atoms with Crippen molar-refractivity contribution in [1.82, 2.24) is 0 Å². The highest BCUT2D eigenvalue weighted by atomic mass is 32.2. The summed E-state index contributed by atoms with van der Waals surface area (Å²) < 4.78 is 41.5. The predicted molar refractivity (Wildman–Crippen MR) is 116 cm³/mol. The lowest BCUT2D eigenvalue weighted by molar-refractivity contribution is -0.111. The van der Waals surface area contributed by atoms with Gasteiger partial charge >= 0.3 is 0 Å². The number of nitrogens with zero attached hydrogens (tertiary/aromatic N) is 1. The molecule has 0 atom stereocenters. The molecule has 1 aliphatic heterocycles. The summed E-state index contributed by atoms with van der Waals surface area (Å²) in [6, 6.07) is 10.2. The Kier molecular flexibility index (Phi) is 6.51. The van der Waals surface area contributed by atoms with E-state index in [4.69, 9.17) is 14.2 Å². The molecule has 30 heavy (non-hydrogen) atoms. The fourth-order valence-electron chi connectivity index (χ4n) is 3.22. The summed E-state index contributed by atoms with van der Waals surface area (Å²) in [5, 5.41) is 2.75. The molecule has 2 aromatic carbocycles. The Balaban J connectivity index is 1.75. The van der Waals surface area contributed by atoms with Crippen molar-refractivity contribution in [2.75, 3.05) is 43.2 Å². The van der Waals surface area contributed by atoms with Crippen molar-refractivity contribution >= 4 is 33.4 Å². The van der Waals surface area contributed by atoms with Crippen LogP contribution in [0.1, 0.15) is 12.0 Å². The molecular formula is C21H24N2O6S. The maximum Gasteiger partial charge on any atom is 0.248 e. The highest BCUT2D eigenvalue weighted by Crippen LogP contribution is 2.38. The van der Waals surface area contributed by atoms with Crippen LogP contribution in [0.3, 0.4) is 0 Å². The number of methoxy groups -OCH3 is 3. The van der Waals surface area contributed by atoms with Crippen LogP contribution in [0.5, 0.6) is 17.2 Å². The van der Waals surface area contributed by atoms with Gasteiger partial charge in [-0.2, -0.15) is 0 Å². The van der Waals surface area contributed by atoms with Crippen LogP contribution >= 0.6 is 0 Å². The third-order valence-electron chi connectivity index (χ3n) is 4.62. The molecule has 0 spiro atoms. The van der Waals surface area contributed by atoms with Crippen LogP contribution in [0.25, 0.3) is 6.08 Å². The van der Waals surface area contributed by atoms with E-state index in [2.05, 4.69) is 5.32 Å². The molecule has 0 bridgehead atoms. The molecule has 1 heterocycles. The van der Waals surface area contributed by atoms with Crippen LogP contribution in [0.2, 0.25) is 0 Å². The topological polar surface area (TPSA) is 94.2 Å². The molecule has 3 rings (SSSR count). The molecule has 1 saturated heterocycles. The fraction of sp³-hybridized carbons (Fsp3) is 0.286. The number of sulfonamides is 1. The van der Waals surface area contributed by atoms with Gasteiger partial charge in [-0.05, 0) is 48.4 Å². The lowest BCUT2D eigenvalue weighted by Crippen LogP contribution is -2.25. The molecule has 0 radical (unpaired) electrons. The minimum absolute atomic E-state index is 0.140. The van der Waals surface area contributed by atoms with Gasteiger partial charge in [-0.25, -0.2) is 8.42 Å². The van der Waals surface area contributed by atoms with E-state index in [0.29, 0.717) is 47.2 Å². The third kappa shape index (κ3) is 4.68. The second-order valence-corrected chi connectivity index (χ2v) is 8.59. The molecule has 0 aromatic heterocycles. The van der Waals surface area contributed by atoms with Crippen LogP contribution in [0.15, 0.2) is 42.5 Å². The smallest absolute Gasteiger partial charge is 0.248 e. The summed E-state index contributed by atoms with van der Waals surface area (Å²) in [7, 11) is 1.28. The SMILES string of the molecule is COc1cc(/C=C/C(=O)Nc2cccc(N3CCCS3(=O)=O)c2)cc(OC)c1OC. The van der Waals surface area contributed by atoms with Gasteiger partial charge in [0.05, 0.1) is 32.8 Å². The normalized spacial score (nSPS) is 15.2. The Labute approximate surface area is 176 Å². The van der Waals surface area contributed by atoms with E-state index in [1.165, 1.54) is 31.7 Å². The number of hydrogen-bond donors (Lipinski definition) is 1. The van der Waals surface area contributed by atoms with Crippen LogP contribution in [0, 0.1) is 0 Å². The van der Waals surface area contributed by atoms with E-state index in [1.54, 1.807) is 42.5 Å². The molecule has 2 aromatic rings. The molecule has 1 amide bonds. The Morgan fingerprint density at radius 1 is 1.07 bits per heavy atom. The van der Waals surface area contributed by atoms with Gasteiger partial charge < -0.3 is 19.5 Å². The number of carbonyl (C=O) groups excluding carboxylic acids is 1. The first-order valence-electron chi connectivity index (χ1n) is 9.27. The molecule has 0 unspecified atom stereocenters. The Morgan fingerprint density at radius 3 is 2.33 bits per heavy atom.